The second-order valence-corrected chi connectivity index (χ2v) is 5.25. The van der Waals surface area contributed by atoms with E-state index in [1.165, 1.54) is 16.7 Å². The molecule has 0 unspecified atom stereocenters. The van der Waals surface area contributed by atoms with Crippen molar-refractivity contribution >= 4 is 12.2 Å². The molecule has 3 aromatic rings. The Bertz CT molecular complexity index is 840. The zero-order chi connectivity index (χ0) is 15.5. The molecular weight excluding hydrogens is 304 g/mol. The molecule has 0 aliphatic heterocycles. The molecule has 0 saturated heterocycles. The monoisotopic (exact) mass is 317 g/mol. The van der Waals surface area contributed by atoms with Gasteiger partial charge in [0.1, 0.15) is 17.5 Å². The van der Waals surface area contributed by atoms with Crippen LogP contribution >= 0.6 is 12.2 Å². The van der Waals surface area contributed by atoms with Gasteiger partial charge in [0.2, 0.25) is 0 Å². The van der Waals surface area contributed by atoms with E-state index < -0.39 is 11.6 Å². The van der Waals surface area contributed by atoms with Crippen LogP contribution in [0.3, 0.4) is 0 Å². The number of halogens is 2. The van der Waals surface area contributed by atoms with Gasteiger partial charge in [-0.2, -0.15) is 5.10 Å². The molecule has 0 amide bonds. The van der Waals surface area contributed by atoms with Gasteiger partial charge in [0.05, 0.1) is 5.69 Å². The van der Waals surface area contributed by atoms with Crippen molar-refractivity contribution in [2.45, 2.75) is 12.8 Å². The molecule has 0 fully saturated rings. The third-order valence-electron chi connectivity index (χ3n) is 3.37. The predicted molar refractivity (Wildman–Crippen MR) is 82.5 cm³/mol. The van der Waals surface area contributed by atoms with Crippen molar-refractivity contribution in [2.75, 3.05) is 0 Å². The lowest BCUT2D eigenvalue weighted by Crippen LogP contribution is -2.05. The molecule has 0 aliphatic carbocycles. The summed E-state index contributed by atoms with van der Waals surface area (Å²) in [5.41, 5.74) is 1.35. The van der Waals surface area contributed by atoms with Crippen LogP contribution in [0.15, 0.2) is 48.5 Å². The lowest BCUT2D eigenvalue weighted by Gasteiger charge is -2.08. The quantitative estimate of drug-likeness (QED) is 0.738. The number of aryl methyl sites for hydroxylation is 2. The first-order chi connectivity index (χ1) is 10.6. The number of hydrogen-bond donors (Lipinski definition) is 1. The molecule has 2 aromatic carbocycles. The number of nitrogens with zero attached hydrogens (tertiary/aromatic N) is 2. The Morgan fingerprint density at radius 3 is 2.55 bits per heavy atom. The summed E-state index contributed by atoms with van der Waals surface area (Å²) in [7, 11) is 0. The van der Waals surface area contributed by atoms with E-state index in [0.717, 1.165) is 18.1 Å². The SMILES string of the molecule is Fc1ccc(-n2c(CCc3ccccc3)n[nH]c2=S)c(F)c1. The van der Waals surface area contributed by atoms with Crippen molar-refractivity contribution in [3.8, 4) is 5.69 Å². The Morgan fingerprint density at radius 2 is 1.82 bits per heavy atom. The van der Waals surface area contributed by atoms with Gasteiger partial charge >= 0.3 is 0 Å². The highest BCUT2D eigenvalue weighted by Crippen LogP contribution is 2.18. The number of aromatic amines is 1. The highest BCUT2D eigenvalue weighted by atomic mass is 32.1. The molecule has 6 heteroatoms. The molecule has 1 N–H and O–H groups in total. The first-order valence-corrected chi connectivity index (χ1v) is 7.21. The minimum atomic E-state index is -0.668. The summed E-state index contributed by atoms with van der Waals surface area (Å²) in [6.45, 7) is 0. The van der Waals surface area contributed by atoms with Crippen molar-refractivity contribution in [1.29, 1.82) is 0 Å². The summed E-state index contributed by atoms with van der Waals surface area (Å²) >= 11 is 5.16. The van der Waals surface area contributed by atoms with Crippen LogP contribution in [-0.2, 0) is 12.8 Å². The first kappa shape index (κ1) is 14.6. The van der Waals surface area contributed by atoms with Crippen molar-refractivity contribution in [1.82, 2.24) is 14.8 Å². The van der Waals surface area contributed by atoms with Crippen LogP contribution in [0.1, 0.15) is 11.4 Å². The second-order valence-electron chi connectivity index (χ2n) is 4.86. The summed E-state index contributed by atoms with van der Waals surface area (Å²) in [5, 5.41) is 6.83. The standard InChI is InChI=1S/C16H13F2N3S/c17-12-7-8-14(13(18)10-12)21-15(19-20-16(21)22)9-6-11-4-2-1-3-5-11/h1-5,7-8,10H,6,9H2,(H,20,22). The van der Waals surface area contributed by atoms with Crippen LogP contribution in [0, 0.1) is 16.4 Å². The molecule has 0 radical (unpaired) electrons. The molecule has 3 nitrogen and oxygen atoms in total. The van der Waals surface area contributed by atoms with E-state index in [0.29, 0.717) is 12.2 Å². The summed E-state index contributed by atoms with van der Waals surface area (Å²) in [6, 6.07) is 13.3. The van der Waals surface area contributed by atoms with E-state index in [1.807, 2.05) is 30.3 Å². The van der Waals surface area contributed by atoms with E-state index in [9.17, 15) is 8.78 Å². The van der Waals surface area contributed by atoms with Crippen LogP contribution in [0.5, 0.6) is 0 Å². The average Bonchev–Trinajstić information content (AvgIpc) is 2.87. The maximum Gasteiger partial charge on any atom is 0.199 e. The van der Waals surface area contributed by atoms with Crippen LogP contribution in [0.25, 0.3) is 5.69 Å². The summed E-state index contributed by atoms with van der Waals surface area (Å²) < 4.78 is 28.8. The number of rotatable bonds is 4. The van der Waals surface area contributed by atoms with Crippen LogP contribution < -0.4 is 0 Å². The van der Waals surface area contributed by atoms with E-state index in [-0.39, 0.29) is 10.5 Å². The molecule has 112 valence electrons. The van der Waals surface area contributed by atoms with Crippen LogP contribution in [-0.4, -0.2) is 14.8 Å². The zero-order valence-corrected chi connectivity index (χ0v) is 12.4. The Hall–Kier alpha value is -2.34. The fourth-order valence-corrected chi connectivity index (χ4v) is 2.56. The molecule has 0 aliphatic rings. The number of benzene rings is 2. The van der Waals surface area contributed by atoms with Gasteiger partial charge < -0.3 is 0 Å². The normalized spacial score (nSPS) is 10.8. The molecule has 0 saturated carbocycles. The summed E-state index contributed by atoms with van der Waals surface area (Å²) in [6.07, 6.45) is 1.34. The highest BCUT2D eigenvalue weighted by Gasteiger charge is 2.13. The van der Waals surface area contributed by atoms with Gasteiger partial charge in [-0.25, -0.2) is 8.78 Å². The lowest BCUT2D eigenvalue weighted by molar-refractivity contribution is 0.575. The molecule has 0 spiro atoms. The Labute approximate surface area is 131 Å². The van der Waals surface area contributed by atoms with Gasteiger partial charge in [0.25, 0.3) is 0 Å². The van der Waals surface area contributed by atoms with E-state index in [1.54, 1.807) is 0 Å². The molecule has 22 heavy (non-hydrogen) atoms. The minimum absolute atomic E-state index is 0.197. The Morgan fingerprint density at radius 1 is 1.05 bits per heavy atom. The van der Waals surface area contributed by atoms with Gasteiger partial charge in [-0.3, -0.25) is 9.67 Å². The average molecular weight is 317 g/mol. The van der Waals surface area contributed by atoms with Gasteiger partial charge in [0.15, 0.2) is 4.77 Å². The largest absolute Gasteiger partial charge is 0.269 e. The van der Waals surface area contributed by atoms with Crippen LogP contribution in [0.2, 0.25) is 0 Å². The van der Waals surface area contributed by atoms with Crippen molar-refractivity contribution in [3.05, 3.63) is 76.3 Å². The van der Waals surface area contributed by atoms with Crippen LogP contribution in [0.4, 0.5) is 8.78 Å². The van der Waals surface area contributed by atoms with Crippen molar-refractivity contribution in [2.24, 2.45) is 0 Å². The third kappa shape index (κ3) is 2.96. The third-order valence-corrected chi connectivity index (χ3v) is 3.65. The zero-order valence-electron chi connectivity index (χ0n) is 11.6. The lowest BCUT2D eigenvalue weighted by atomic mass is 10.1. The maximum absolute atomic E-state index is 14.0. The predicted octanol–water partition coefficient (Wildman–Crippen LogP) is 3.99. The molecular formula is C16H13F2N3S. The first-order valence-electron chi connectivity index (χ1n) is 6.81. The Balaban J connectivity index is 1.92. The number of H-pyrrole nitrogens is 1. The minimum Gasteiger partial charge on any atom is -0.269 e. The van der Waals surface area contributed by atoms with E-state index >= 15 is 0 Å². The van der Waals surface area contributed by atoms with Gasteiger partial charge in [0, 0.05) is 12.5 Å². The maximum atomic E-state index is 14.0. The number of nitrogens with one attached hydrogen (secondary N) is 1. The molecule has 0 atom stereocenters. The molecule has 0 bridgehead atoms. The van der Waals surface area contributed by atoms with Gasteiger partial charge in [-0.15, -0.1) is 0 Å². The number of aromatic nitrogens is 3. The van der Waals surface area contributed by atoms with Gasteiger partial charge in [-0.1, -0.05) is 30.3 Å². The smallest absolute Gasteiger partial charge is 0.199 e. The van der Waals surface area contributed by atoms with Crippen molar-refractivity contribution < 1.29 is 8.78 Å². The Kier molecular flexibility index (Phi) is 4.11. The van der Waals surface area contributed by atoms with Crippen molar-refractivity contribution in [3.63, 3.8) is 0 Å². The molecule has 1 aromatic heterocycles. The van der Waals surface area contributed by atoms with E-state index in [2.05, 4.69) is 10.2 Å². The topological polar surface area (TPSA) is 33.6 Å². The number of hydrogen-bond acceptors (Lipinski definition) is 2. The molecule has 1 heterocycles. The van der Waals surface area contributed by atoms with E-state index in [4.69, 9.17) is 12.2 Å². The molecule has 3 rings (SSSR count). The fraction of sp³-hybridized carbons (Fsp3) is 0.125. The van der Waals surface area contributed by atoms with Gasteiger partial charge in [-0.05, 0) is 36.3 Å². The fourth-order valence-electron chi connectivity index (χ4n) is 2.31. The summed E-state index contributed by atoms with van der Waals surface area (Å²) in [5.74, 6) is -0.681. The second kappa shape index (κ2) is 6.19. The highest BCUT2D eigenvalue weighted by molar-refractivity contribution is 7.71. The summed E-state index contributed by atoms with van der Waals surface area (Å²) in [4.78, 5) is 0.